The molecular weight excluding hydrogens is 380 g/mol. The average molecular weight is 411 g/mol. The normalized spacial score (nSPS) is 19.8. The molecule has 2 N–H and O–H groups in total. The van der Waals surface area contributed by atoms with Crippen molar-refractivity contribution >= 4 is 23.3 Å². The van der Waals surface area contributed by atoms with Crippen LogP contribution in [-0.2, 0) is 14.3 Å². The number of nitrogens with one attached hydrogen (secondary N) is 2. The van der Waals surface area contributed by atoms with Gasteiger partial charge in [0.15, 0.2) is 0 Å². The van der Waals surface area contributed by atoms with Gasteiger partial charge in [-0.25, -0.2) is 4.98 Å². The van der Waals surface area contributed by atoms with Crippen molar-refractivity contribution in [3.05, 3.63) is 53.7 Å². The topological polar surface area (TPSA) is 83.6 Å². The van der Waals surface area contributed by atoms with Crippen LogP contribution >= 0.6 is 0 Å². The Morgan fingerprint density at radius 3 is 2.37 bits per heavy atom. The lowest BCUT2D eigenvalue weighted by atomic mass is 10.0. The Labute approximate surface area is 177 Å². The molecular formula is C23H30N4O3. The smallest absolute Gasteiger partial charge is 0.226 e. The highest BCUT2D eigenvalue weighted by Gasteiger charge is 2.23. The number of aromatic nitrogens is 1. The quantitative estimate of drug-likeness (QED) is 0.764. The van der Waals surface area contributed by atoms with E-state index in [0.717, 1.165) is 30.0 Å². The molecule has 2 heterocycles. The number of pyridine rings is 1. The minimum absolute atomic E-state index is 0.142. The van der Waals surface area contributed by atoms with Crippen LogP contribution in [0.4, 0.5) is 11.5 Å². The lowest BCUT2D eigenvalue weighted by molar-refractivity contribution is -0.120. The van der Waals surface area contributed by atoms with Crippen LogP contribution in [-0.4, -0.2) is 42.1 Å². The Morgan fingerprint density at radius 2 is 1.80 bits per heavy atom. The van der Waals surface area contributed by atoms with E-state index in [0.29, 0.717) is 5.69 Å². The molecule has 1 aromatic carbocycles. The third-order valence-corrected chi connectivity index (χ3v) is 5.02. The predicted molar refractivity (Wildman–Crippen MR) is 117 cm³/mol. The van der Waals surface area contributed by atoms with Gasteiger partial charge in [-0.2, -0.15) is 0 Å². The van der Waals surface area contributed by atoms with Gasteiger partial charge in [0.25, 0.3) is 0 Å². The van der Waals surface area contributed by atoms with E-state index >= 15 is 0 Å². The maximum absolute atomic E-state index is 12.6. The van der Waals surface area contributed by atoms with Crippen LogP contribution in [0.1, 0.15) is 44.4 Å². The van der Waals surface area contributed by atoms with Crippen molar-refractivity contribution in [2.75, 3.05) is 23.3 Å². The monoisotopic (exact) mass is 410 g/mol. The highest BCUT2D eigenvalue weighted by molar-refractivity contribution is 5.91. The lowest BCUT2D eigenvalue weighted by Crippen LogP contribution is -2.45. The molecule has 2 aromatic rings. The van der Waals surface area contributed by atoms with Crippen molar-refractivity contribution in [2.24, 2.45) is 0 Å². The van der Waals surface area contributed by atoms with E-state index in [1.807, 2.05) is 43.3 Å². The number of nitrogens with zero attached hydrogens (tertiary/aromatic N) is 2. The Balaban J connectivity index is 1.62. The van der Waals surface area contributed by atoms with Crippen LogP contribution in [0.25, 0.3) is 0 Å². The van der Waals surface area contributed by atoms with Gasteiger partial charge in [-0.3, -0.25) is 9.59 Å². The van der Waals surface area contributed by atoms with E-state index in [4.69, 9.17) is 4.74 Å². The highest BCUT2D eigenvalue weighted by Crippen LogP contribution is 2.21. The van der Waals surface area contributed by atoms with Crippen LogP contribution in [0.3, 0.4) is 0 Å². The first-order valence-corrected chi connectivity index (χ1v) is 10.3. The molecule has 7 nitrogen and oxygen atoms in total. The third kappa shape index (κ3) is 6.03. The van der Waals surface area contributed by atoms with Gasteiger partial charge < -0.3 is 20.3 Å². The van der Waals surface area contributed by atoms with Gasteiger partial charge in [-0.1, -0.05) is 29.8 Å². The fourth-order valence-corrected chi connectivity index (χ4v) is 3.71. The lowest BCUT2D eigenvalue weighted by Gasteiger charge is -2.36. The molecule has 7 heteroatoms. The number of benzene rings is 1. The number of carbonyl (C=O) groups excluding carboxylic acids is 2. The summed E-state index contributed by atoms with van der Waals surface area (Å²) in [7, 11) is 0. The molecule has 0 aliphatic carbocycles. The molecule has 0 spiro atoms. The molecule has 1 aliphatic rings. The molecule has 160 valence electrons. The highest BCUT2D eigenvalue weighted by atomic mass is 16.5. The Hall–Kier alpha value is -2.93. The van der Waals surface area contributed by atoms with Crippen LogP contribution < -0.4 is 15.5 Å². The summed E-state index contributed by atoms with van der Waals surface area (Å²) in [6.07, 6.45) is 2.12. The van der Waals surface area contributed by atoms with E-state index in [9.17, 15) is 9.59 Å². The summed E-state index contributed by atoms with van der Waals surface area (Å²) < 4.78 is 5.77. The summed E-state index contributed by atoms with van der Waals surface area (Å²) in [5.41, 5.74) is 2.65. The van der Waals surface area contributed by atoms with Crippen molar-refractivity contribution in [1.29, 1.82) is 0 Å². The van der Waals surface area contributed by atoms with Crippen molar-refractivity contribution in [3.8, 4) is 0 Å². The number of hydrogen-bond donors (Lipinski definition) is 2. The summed E-state index contributed by atoms with van der Waals surface area (Å²) in [5.74, 6) is 0.511. The summed E-state index contributed by atoms with van der Waals surface area (Å²) in [4.78, 5) is 30.9. The first-order chi connectivity index (χ1) is 14.3. The number of anilines is 2. The van der Waals surface area contributed by atoms with Gasteiger partial charge >= 0.3 is 0 Å². The molecule has 30 heavy (non-hydrogen) atoms. The van der Waals surface area contributed by atoms with Gasteiger partial charge in [0.05, 0.1) is 36.6 Å². The summed E-state index contributed by atoms with van der Waals surface area (Å²) >= 11 is 0. The van der Waals surface area contributed by atoms with Crippen LogP contribution in [0.5, 0.6) is 0 Å². The Bertz CT molecular complexity index is 857. The first-order valence-electron chi connectivity index (χ1n) is 10.3. The number of morpholine rings is 1. The van der Waals surface area contributed by atoms with Gasteiger partial charge in [0.2, 0.25) is 11.8 Å². The Morgan fingerprint density at radius 1 is 1.13 bits per heavy atom. The molecule has 3 rings (SSSR count). The summed E-state index contributed by atoms with van der Waals surface area (Å²) in [6.45, 7) is 9.14. The number of ether oxygens (including phenoxy) is 1. The molecule has 2 amide bonds. The van der Waals surface area contributed by atoms with Gasteiger partial charge in [-0.15, -0.1) is 0 Å². The second-order valence-electron chi connectivity index (χ2n) is 7.98. The average Bonchev–Trinajstić information content (AvgIpc) is 2.67. The molecule has 3 unspecified atom stereocenters. The minimum atomic E-state index is -0.383. The van der Waals surface area contributed by atoms with Crippen LogP contribution in [0.15, 0.2) is 42.6 Å². The van der Waals surface area contributed by atoms with Gasteiger partial charge in [0, 0.05) is 20.0 Å². The van der Waals surface area contributed by atoms with Gasteiger partial charge in [0.1, 0.15) is 5.82 Å². The summed E-state index contributed by atoms with van der Waals surface area (Å²) in [6, 6.07) is 11.2. The second kappa shape index (κ2) is 9.71. The molecule has 1 saturated heterocycles. The zero-order valence-electron chi connectivity index (χ0n) is 18.0. The number of hydrogen-bond acceptors (Lipinski definition) is 5. The SMILES string of the molecule is CC(=O)NC(CC(=O)Nc1ccc(N2CC(C)OC(C)C2)nc1)c1ccc(C)cc1. The number of rotatable bonds is 6. The van der Waals surface area contributed by atoms with E-state index in [-0.39, 0.29) is 36.5 Å². The summed E-state index contributed by atoms with van der Waals surface area (Å²) in [5, 5.41) is 5.74. The van der Waals surface area contributed by atoms with E-state index in [1.165, 1.54) is 6.92 Å². The van der Waals surface area contributed by atoms with Crippen molar-refractivity contribution < 1.29 is 14.3 Å². The van der Waals surface area contributed by atoms with Crippen LogP contribution in [0, 0.1) is 6.92 Å². The first kappa shape index (κ1) is 21.8. The largest absolute Gasteiger partial charge is 0.372 e. The van der Waals surface area contributed by atoms with E-state index in [1.54, 1.807) is 6.20 Å². The van der Waals surface area contributed by atoms with E-state index in [2.05, 4.69) is 34.4 Å². The van der Waals surface area contributed by atoms with Gasteiger partial charge in [-0.05, 0) is 38.5 Å². The second-order valence-corrected chi connectivity index (χ2v) is 7.98. The number of aryl methyl sites for hydroxylation is 1. The van der Waals surface area contributed by atoms with Crippen molar-refractivity contribution in [1.82, 2.24) is 10.3 Å². The number of carbonyl (C=O) groups is 2. The van der Waals surface area contributed by atoms with Crippen molar-refractivity contribution in [2.45, 2.75) is 52.4 Å². The molecule has 0 bridgehead atoms. The zero-order chi connectivity index (χ0) is 21.7. The fraction of sp³-hybridized carbons (Fsp3) is 0.435. The molecule has 3 atom stereocenters. The number of amides is 2. The molecule has 1 fully saturated rings. The molecule has 0 radical (unpaired) electrons. The molecule has 1 aliphatic heterocycles. The third-order valence-electron chi connectivity index (χ3n) is 5.02. The maximum atomic E-state index is 12.6. The standard InChI is InChI=1S/C23H30N4O3/c1-15-5-7-19(8-6-15)21(25-18(4)28)11-23(29)26-20-9-10-22(24-12-20)27-13-16(2)30-17(3)14-27/h5-10,12,16-17,21H,11,13-14H2,1-4H3,(H,25,28)(H,26,29). The van der Waals surface area contributed by atoms with Crippen molar-refractivity contribution in [3.63, 3.8) is 0 Å². The van der Waals surface area contributed by atoms with E-state index < -0.39 is 0 Å². The molecule has 1 aromatic heterocycles. The van der Waals surface area contributed by atoms with Crippen LogP contribution in [0.2, 0.25) is 0 Å². The molecule has 0 saturated carbocycles. The predicted octanol–water partition coefficient (Wildman–Crippen LogP) is 3.21. The fourth-order valence-electron chi connectivity index (χ4n) is 3.71. The Kier molecular flexibility index (Phi) is 7.05. The minimum Gasteiger partial charge on any atom is -0.372 e. The maximum Gasteiger partial charge on any atom is 0.226 e. The zero-order valence-corrected chi connectivity index (χ0v) is 18.0.